The molecule has 0 bridgehead atoms. The van der Waals surface area contributed by atoms with E-state index in [1.807, 2.05) is 18.2 Å². The first-order valence-corrected chi connectivity index (χ1v) is 10.9. The van der Waals surface area contributed by atoms with Gasteiger partial charge in [0.25, 0.3) is 5.91 Å². The lowest BCUT2D eigenvalue weighted by molar-refractivity contribution is 0.0974. The van der Waals surface area contributed by atoms with Gasteiger partial charge in [-0.15, -0.1) is 0 Å². The number of para-hydroxylation sites is 1. The smallest absolute Gasteiger partial charge is 0.261 e. The van der Waals surface area contributed by atoms with Crippen LogP contribution in [0.2, 0.25) is 5.02 Å². The number of rotatable bonds is 6. The molecule has 0 unspecified atom stereocenters. The van der Waals surface area contributed by atoms with Gasteiger partial charge in [0, 0.05) is 32.2 Å². The molecule has 1 aliphatic heterocycles. The molecule has 1 saturated heterocycles. The van der Waals surface area contributed by atoms with Gasteiger partial charge in [-0.25, -0.2) is 0 Å². The first-order valence-electron chi connectivity index (χ1n) is 10.1. The van der Waals surface area contributed by atoms with E-state index < -0.39 is 0 Å². The van der Waals surface area contributed by atoms with Gasteiger partial charge in [0.2, 0.25) is 0 Å². The van der Waals surface area contributed by atoms with Crippen molar-refractivity contribution in [1.29, 1.82) is 0 Å². The van der Waals surface area contributed by atoms with E-state index in [9.17, 15) is 4.79 Å². The van der Waals surface area contributed by atoms with E-state index in [4.69, 9.17) is 33.3 Å². The van der Waals surface area contributed by atoms with Crippen LogP contribution in [0.4, 0.5) is 11.4 Å². The largest absolute Gasteiger partial charge is 0.497 e. The van der Waals surface area contributed by atoms with Gasteiger partial charge in [-0.2, -0.15) is 0 Å². The molecule has 7 nitrogen and oxygen atoms in total. The van der Waals surface area contributed by atoms with Crippen LogP contribution in [0.1, 0.15) is 17.3 Å². The summed E-state index contributed by atoms with van der Waals surface area (Å²) < 4.78 is 10.5. The van der Waals surface area contributed by atoms with Gasteiger partial charge in [0.1, 0.15) is 11.5 Å². The fourth-order valence-electron chi connectivity index (χ4n) is 3.54. The second-order valence-electron chi connectivity index (χ2n) is 7.03. The van der Waals surface area contributed by atoms with Crippen LogP contribution in [-0.4, -0.2) is 62.9 Å². The molecule has 166 valence electrons. The van der Waals surface area contributed by atoms with Crippen molar-refractivity contribution >= 4 is 46.2 Å². The second kappa shape index (κ2) is 10.7. The number of carbonyl (C=O) groups is 1. The van der Waals surface area contributed by atoms with Crippen molar-refractivity contribution in [2.75, 3.05) is 57.2 Å². The van der Waals surface area contributed by atoms with E-state index in [1.54, 1.807) is 25.3 Å². The molecule has 0 radical (unpaired) electrons. The molecular formula is C22H27ClN4O3S. The molecule has 1 fully saturated rings. The van der Waals surface area contributed by atoms with Crippen LogP contribution in [0.25, 0.3) is 0 Å². The third-order valence-electron chi connectivity index (χ3n) is 5.25. The summed E-state index contributed by atoms with van der Waals surface area (Å²) >= 11 is 11.9. The molecule has 2 N–H and O–H groups in total. The van der Waals surface area contributed by atoms with Crippen molar-refractivity contribution in [3.63, 3.8) is 0 Å². The van der Waals surface area contributed by atoms with Crippen LogP contribution >= 0.6 is 23.8 Å². The third-order valence-corrected chi connectivity index (χ3v) is 5.76. The normalized spacial score (nSPS) is 14.1. The average molecular weight is 463 g/mol. The first-order chi connectivity index (χ1) is 15.0. The van der Waals surface area contributed by atoms with Gasteiger partial charge in [-0.1, -0.05) is 24.6 Å². The summed E-state index contributed by atoms with van der Waals surface area (Å²) in [4.78, 5) is 17.4. The molecule has 0 aromatic heterocycles. The number of anilines is 2. The number of ether oxygens (including phenoxy) is 2. The van der Waals surface area contributed by atoms with Gasteiger partial charge >= 0.3 is 0 Å². The van der Waals surface area contributed by atoms with Crippen molar-refractivity contribution in [3.8, 4) is 11.5 Å². The molecular weight excluding hydrogens is 436 g/mol. The number of methoxy groups -OCH3 is 2. The van der Waals surface area contributed by atoms with Crippen LogP contribution in [0.5, 0.6) is 11.5 Å². The number of halogens is 1. The summed E-state index contributed by atoms with van der Waals surface area (Å²) in [6, 6.07) is 10.6. The van der Waals surface area contributed by atoms with Crippen LogP contribution < -0.4 is 25.0 Å². The number of hydrogen-bond acceptors (Lipinski definition) is 6. The van der Waals surface area contributed by atoms with E-state index in [0.29, 0.717) is 22.1 Å². The first kappa shape index (κ1) is 23.1. The minimum absolute atomic E-state index is 0.179. The molecule has 2 aromatic carbocycles. The van der Waals surface area contributed by atoms with E-state index in [-0.39, 0.29) is 11.0 Å². The predicted octanol–water partition coefficient (Wildman–Crippen LogP) is 3.63. The van der Waals surface area contributed by atoms with Crippen molar-refractivity contribution in [3.05, 3.63) is 47.0 Å². The topological polar surface area (TPSA) is 66.1 Å². The van der Waals surface area contributed by atoms with Crippen LogP contribution in [0, 0.1) is 0 Å². The van der Waals surface area contributed by atoms with E-state index >= 15 is 0 Å². The lowest BCUT2D eigenvalue weighted by atomic mass is 10.1. The Balaban J connectivity index is 1.73. The maximum Gasteiger partial charge on any atom is 0.261 e. The number of nitrogens with zero attached hydrogens (tertiary/aromatic N) is 2. The number of benzene rings is 2. The monoisotopic (exact) mass is 462 g/mol. The molecule has 0 aliphatic carbocycles. The number of nitrogens with one attached hydrogen (secondary N) is 2. The Morgan fingerprint density at radius 1 is 1.13 bits per heavy atom. The van der Waals surface area contributed by atoms with Crippen molar-refractivity contribution in [2.45, 2.75) is 6.92 Å². The van der Waals surface area contributed by atoms with E-state index in [2.05, 4.69) is 27.4 Å². The zero-order valence-corrected chi connectivity index (χ0v) is 19.5. The molecule has 1 aliphatic rings. The van der Waals surface area contributed by atoms with E-state index in [1.165, 1.54) is 7.11 Å². The van der Waals surface area contributed by atoms with Crippen LogP contribution in [0.3, 0.4) is 0 Å². The number of thiocarbonyl (C=S) groups is 1. The highest BCUT2D eigenvalue weighted by molar-refractivity contribution is 7.80. The van der Waals surface area contributed by atoms with Crippen LogP contribution in [-0.2, 0) is 0 Å². The molecule has 0 saturated carbocycles. The molecule has 1 heterocycles. The van der Waals surface area contributed by atoms with E-state index in [0.717, 1.165) is 44.1 Å². The summed E-state index contributed by atoms with van der Waals surface area (Å²) in [5.74, 6) is 0.620. The lowest BCUT2D eigenvalue weighted by Gasteiger charge is -2.37. The van der Waals surface area contributed by atoms with Gasteiger partial charge in [-0.05, 0) is 43.0 Å². The number of amides is 1. The Morgan fingerprint density at radius 2 is 1.87 bits per heavy atom. The van der Waals surface area contributed by atoms with Crippen LogP contribution in [0.15, 0.2) is 36.4 Å². The SMILES string of the molecule is CCN1CCN(c2c(Cl)cccc2NC(=S)NC(=O)c2ccc(OC)cc2OC)CC1. The molecule has 3 rings (SSSR count). The maximum atomic E-state index is 12.7. The summed E-state index contributed by atoms with van der Waals surface area (Å²) in [6.45, 7) is 6.88. The minimum atomic E-state index is -0.378. The molecule has 0 spiro atoms. The highest BCUT2D eigenvalue weighted by Gasteiger charge is 2.21. The van der Waals surface area contributed by atoms with Crippen molar-refractivity contribution in [2.24, 2.45) is 0 Å². The Morgan fingerprint density at radius 3 is 2.52 bits per heavy atom. The zero-order valence-electron chi connectivity index (χ0n) is 17.9. The summed E-state index contributed by atoms with van der Waals surface area (Å²) in [6.07, 6.45) is 0. The lowest BCUT2D eigenvalue weighted by Crippen LogP contribution is -2.46. The number of piperazine rings is 1. The minimum Gasteiger partial charge on any atom is -0.497 e. The Hall–Kier alpha value is -2.55. The fraction of sp³-hybridized carbons (Fsp3) is 0.364. The molecule has 31 heavy (non-hydrogen) atoms. The number of hydrogen-bond donors (Lipinski definition) is 2. The fourth-order valence-corrected chi connectivity index (χ4v) is 4.03. The van der Waals surface area contributed by atoms with Gasteiger partial charge in [0.05, 0.1) is 36.2 Å². The highest BCUT2D eigenvalue weighted by atomic mass is 35.5. The van der Waals surface area contributed by atoms with Crippen molar-refractivity contribution < 1.29 is 14.3 Å². The van der Waals surface area contributed by atoms with Gasteiger partial charge < -0.3 is 24.6 Å². The molecule has 9 heteroatoms. The summed E-state index contributed by atoms with van der Waals surface area (Å²) in [7, 11) is 3.05. The zero-order chi connectivity index (χ0) is 22.4. The van der Waals surface area contributed by atoms with Crippen molar-refractivity contribution in [1.82, 2.24) is 10.2 Å². The number of carbonyl (C=O) groups excluding carboxylic acids is 1. The summed E-state index contributed by atoms with van der Waals surface area (Å²) in [5.41, 5.74) is 2.00. The Kier molecular flexibility index (Phi) is 7.95. The second-order valence-corrected chi connectivity index (χ2v) is 7.85. The molecule has 1 amide bonds. The molecule has 2 aromatic rings. The Bertz CT molecular complexity index is 948. The average Bonchev–Trinajstić information content (AvgIpc) is 2.78. The van der Waals surface area contributed by atoms with Gasteiger partial charge in [-0.3, -0.25) is 10.1 Å². The third kappa shape index (κ3) is 5.58. The van der Waals surface area contributed by atoms with Gasteiger partial charge in [0.15, 0.2) is 5.11 Å². The summed E-state index contributed by atoms with van der Waals surface area (Å²) in [5, 5.41) is 6.66. The number of likely N-dealkylation sites (N-methyl/N-ethyl adjacent to an activating group) is 1. The Labute approximate surface area is 193 Å². The molecule has 0 atom stereocenters. The highest BCUT2D eigenvalue weighted by Crippen LogP contribution is 2.34. The maximum absolute atomic E-state index is 12.7. The standard InChI is InChI=1S/C22H27ClN4O3S/c1-4-26-10-12-27(13-11-26)20-17(23)6-5-7-18(20)24-22(31)25-21(28)16-9-8-15(29-2)14-19(16)30-3/h5-9,14H,4,10-13H2,1-3H3,(H2,24,25,28,31). The quantitative estimate of drug-likeness (QED) is 0.635. The predicted molar refractivity (Wildman–Crippen MR) is 129 cm³/mol.